The van der Waals surface area contributed by atoms with E-state index in [1.54, 1.807) is 0 Å². The molecule has 19 heavy (non-hydrogen) atoms. The van der Waals surface area contributed by atoms with Crippen molar-refractivity contribution in [1.82, 2.24) is 0 Å². The Balaban J connectivity index is 2.35. The number of fused-ring (bicyclic) bond motifs is 1. The van der Waals surface area contributed by atoms with E-state index in [1.807, 2.05) is 0 Å². The van der Waals surface area contributed by atoms with E-state index in [0.29, 0.717) is 5.92 Å². The molecule has 3 heteroatoms. The van der Waals surface area contributed by atoms with Crippen LogP contribution in [0, 0.1) is 22.7 Å². The van der Waals surface area contributed by atoms with Crippen molar-refractivity contribution in [3.63, 3.8) is 0 Å². The molecule has 0 bridgehead atoms. The van der Waals surface area contributed by atoms with Gasteiger partial charge < -0.3 is 10.2 Å². The lowest BCUT2D eigenvalue weighted by Crippen LogP contribution is -2.52. The van der Waals surface area contributed by atoms with E-state index < -0.39 is 5.97 Å². The molecule has 2 aliphatic carbocycles. The lowest BCUT2D eigenvalue weighted by molar-refractivity contribution is -0.142. The molecule has 0 aromatic carbocycles. The number of allylic oxidation sites excluding steroid dienone is 1. The van der Waals surface area contributed by atoms with Gasteiger partial charge in [0.25, 0.3) is 0 Å². The molecule has 108 valence electrons. The maximum absolute atomic E-state index is 11.2. The fourth-order valence-electron chi connectivity index (χ4n) is 4.82. The fraction of sp³-hybridized carbons (Fsp3) is 0.812. The fourth-order valence-corrected chi connectivity index (χ4v) is 4.82. The topological polar surface area (TPSA) is 57.5 Å². The van der Waals surface area contributed by atoms with Crippen LogP contribution in [0.4, 0.5) is 0 Å². The quantitative estimate of drug-likeness (QED) is 0.771. The first-order valence-corrected chi connectivity index (χ1v) is 7.34. The molecule has 0 saturated heterocycles. The number of carboxylic acids is 1. The Morgan fingerprint density at radius 1 is 1.42 bits per heavy atom. The third-order valence-corrected chi connectivity index (χ3v) is 5.88. The zero-order chi connectivity index (χ0) is 14.3. The van der Waals surface area contributed by atoms with Crippen LogP contribution in [0.5, 0.6) is 0 Å². The van der Waals surface area contributed by atoms with E-state index in [-0.39, 0.29) is 29.8 Å². The second-order valence-electron chi connectivity index (χ2n) is 7.07. The molecule has 2 fully saturated rings. The monoisotopic (exact) mass is 266 g/mol. The largest absolute Gasteiger partial charge is 0.481 e. The minimum absolute atomic E-state index is 0.0105. The van der Waals surface area contributed by atoms with Gasteiger partial charge in [0.05, 0.1) is 6.42 Å². The van der Waals surface area contributed by atoms with Gasteiger partial charge in [-0.15, -0.1) is 0 Å². The van der Waals surface area contributed by atoms with Crippen LogP contribution in [-0.4, -0.2) is 22.8 Å². The summed E-state index contributed by atoms with van der Waals surface area (Å²) in [5, 5.41) is 19.0. The van der Waals surface area contributed by atoms with Gasteiger partial charge in [0.1, 0.15) is 0 Å². The molecule has 0 aromatic heterocycles. The number of aliphatic hydroxyl groups is 1. The smallest absolute Gasteiger partial charge is 0.303 e. The van der Waals surface area contributed by atoms with Crippen LogP contribution in [0.2, 0.25) is 0 Å². The molecule has 0 heterocycles. The number of hydrogen-bond acceptors (Lipinski definition) is 2. The summed E-state index contributed by atoms with van der Waals surface area (Å²) in [5.41, 5.74) is 1.04. The van der Waals surface area contributed by atoms with Gasteiger partial charge in [-0.1, -0.05) is 32.4 Å². The minimum Gasteiger partial charge on any atom is -0.481 e. The molecule has 4 atom stereocenters. The Bertz CT molecular complexity index is 389. The summed E-state index contributed by atoms with van der Waals surface area (Å²) < 4.78 is 0. The zero-order valence-electron chi connectivity index (χ0n) is 12.1. The molecule has 2 N–H and O–H groups in total. The average molecular weight is 266 g/mol. The third-order valence-electron chi connectivity index (χ3n) is 5.88. The third kappa shape index (κ3) is 2.33. The standard InChI is InChI=1S/C16H26O3/c1-11-5-6-13-15(2,10-17)7-4-8-16(13,3)12(11)9-14(18)19/h12-13,17H,1,4-10H2,2-3H3,(H,18,19)/t12-,13?,15-,16+/m0/s1. The van der Waals surface area contributed by atoms with Crippen LogP contribution in [-0.2, 0) is 4.79 Å². The molecule has 2 saturated carbocycles. The summed E-state index contributed by atoms with van der Waals surface area (Å²) in [4.78, 5) is 11.2. The number of hydrogen-bond donors (Lipinski definition) is 2. The number of carboxylic acid groups (broad SMARTS) is 1. The first kappa shape index (κ1) is 14.6. The Morgan fingerprint density at radius 3 is 2.68 bits per heavy atom. The molecule has 3 nitrogen and oxygen atoms in total. The number of carbonyl (C=O) groups is 1. The van der Waals surface area contributed by atoms with Crippen LogP contribution >= 0.6 is 0 Å². The molecule has 0 amide bonds. The summed E-state index contributed by atoms with van der Waals surface area (Å²) in [6.07, 6.45) is 5.33. The lowest BCUT2D eigenvalue weighted by Gasteiger charge is -2.58. The van der Waals surface area contributed by atoms with Gasteiger partial charge in [-0.2, -0.15) is 0 Å². The summed E-state index contributed by atoms with van der Waals surface area (Å²) in [5.74, 6) is -0.257. The van der Waals surface area contributed by atoms with Crippen molar-refractivity contribution in [1.29, 1.82) is 0 Å². The van der Waals surface area contributed by atoms with E-state index in [1.165, 1.54) is 0 Å². The van der Waals surface area contributed by atoms with E-state index in [4.69, 9.17) is 0 Å². The van der Waals surface area contributed by atoms with Crippen molar-refractivity contribution in [3.05, 3.63) is 12.2 Å². The highest BCUT2D eigenvalue weighted by atomic mass is 16.4. The summed E-state index contributed by atoms with van der Waals surface area (Å²) in [6, 6.07) is 0. The minimum atomic E-state index is -0.732. The predicted molar refractivity (Wildman–Crippen MR) is 74.8 cm³/mol. The molecule has 2 aliphatic rings. The van der Waals surface area contributed by atoms with Crippen molar-refractivity contribution in [2.45, 2.75) is 52.4 Å². The molecule has 0 aromatic rings. The maximum atomic E-state index is 11.2. The Labute approximate surface area is 115 Å². The molecule has 0 spiro atoms. The number of rotatable bonds is 3. The molecule has 0 aliphatic heterocycles. The van der Waals surface area contributed by atoms with Gasteiger partial charge >= 0.3 is 5.97 Å². The molecule has 1 unspecified atom stereocenters. The van der Waals surface area contributed by atoms with Gasteiger partial charge in [-0.25, -0.2) is 0 Å². The predicted octanol–water partition coefficient (Wildman–Crippen LogP) is 3.23. The van der Waals surface area contributed by atoms with Crippen molar-refractivity contribution >= 4 is 5.97 Å². The van der Waals surface area contributed by atoms with Crippen molar-refractivity contribution in [2.24, 2.45) is 22.7 Å². The van der Waals surface area contributed by atoms with E-state index >= 15 is 0 Å². The molecular formula is C16H26O3. The Hall–Kier alpha value is -0.830. The lowest BCUT2D eigenvalue weighted by atomic mass is 9.47. The highest BCUT2D eigenvalue weighted by Gasteiger charge is 2.54. The maximum Gasteiger partial charge on any atom is 0.303 e. The van der Waals surface area contributed by atoms with Crippen molar-refractivity contribution in [2.75, 3.05) is 6.61 Å². The van der Waals surface area contributed by atoms with Crippen molar-refractivity contribution < 1.29 is 15.0 Å². The van der Waals surface area contributed by atoms with Crippen LogP contribution in [0.3, 0.4) is 0 Å². The van der Waals surface area contributed by atoms with Crippen molar-refractivity contribution in [3.8, 4) is 0 Å². The second-order valence-corrected chi connectivity index (χ2v) is 7.07. The second kappa shape index (κ2) is 4.93. The first-order chi connectivity index (χ1) is 8.83. The van der Waals surface area contributed by atoms with Gasteiger partial charge in [0, 0.05) is 6.61 Å². The molecular weight excluding hydrogens is 240 g/mol. The van der Waals surface area contributed by atoms with E-state index in [0.717, 1.165) is 37.7 Å². The van der Waals surface area contributed by atoms with Crippen LogP contribution < -0.4 is 0 Å². The van der Waals surface area contributed by atoms with Gasteiger partial charge in [0.2, 0.25) is 0 Å². The average Bonchev–Trinajstić information content (AvgIpc) is 2.33. The highest BCUT2D eigenvalue weighted by Crippen LogP contribution is 2.61. The van der Waals surface area contributed by atoms with Gasteiger partial charge in [0.15, 0.2) is 0 Å². The van der Waals surface area contributed by atoms with Crippen LogP contribution in [0.15, 0.2) is 12.2 Å². The van der Waals surface area contributed by atoms with Gasteiger partial charge in [-0.3, -0.25) is 4.79 Å². The van der Waals surface area contributed by atoms with Gasteiger partial charge in [-0.05, 0) is 48.3 Å². The Morgan fingerprint density at radius 2 is 2.11 bits per heavy atom. The molecule has 0 radical (unpaired) electrons. The summed E-state index contributed by atoms with van der Waals surface area (Å²) >= 11 is 0. The summed E-state index contributed by atoms with van der Waals surface area (Å²) in [7, 11) is 0. The number of aliphatic hydroxyl groups excluding tert-OH is 1. The first-order valence-electron chi connectivity index (χ1n) is 7.34. The van der Waals surface area contributed by atoms with Crippen LogP contribution in [0.1, 0.15) is 52.4 Å². The molecule has 2 rings (SSSR count). The zero-order valence-corrected chi connectivity index (χ0v) is 12.1. The van der Waals surface area contributed by atoms with E-state index in [2.05, 4.69) is 20.4 Å². The SMILES string of the molecule is C=C1CCC2[C@](C)(CO)CCC[C@]2(C)[C@H]1CC(=O)O. The Kier molecular flexibility index (Phi) is 3.78. The highest BCUT2D eigenvalue weighted by molar-refractivity contribution is 5.67. The summed E-state index contributed by atoms with van der Waals surface area (Å²) in [6.45, 7) is 8.73. The van der Waals surface area contributed by atoms with Crippen LogP contribution in [0.25, 0.3) is 0 Å². The number of aliphatic carboxylic acids is 1. The van der Waals surface area contributed by atoms with E-state index in [9.17, 15) is 15.0 Å². The normalized spacial score (nSPS) is 42.8.